The quantitative estimate of drug-likeness (QED) is 0.521. The van der Waals surface area contributed by atoms with Gasteiger partial charge in [0.2, 0.25) is 5.91 Å². The zero-order valence-electron chi connectivity index (χ0n) is 17.6. The van der Waals surface area contributed by atoms with Crippen molar-refractivity contribution in [1.29, 1.82) is 0 Å². The van der Waals surface area contributed by atoms with Crippen LogP contribution in [-0.2, 0) is 11.2 Å². The van der Waals surface area contributed by atoms with Crippen LogP contribution in [-0.4, -0.2) is 40.9 Å². The second-order valence-electron chi connectivity index (χ2n) is 7.16. The minimum absolute atomic E-state index is 0.0260. The van der Waals surface area contributed by atoms with Crippen molar-refractivity contribution in [3.05, 3.63) is 76.0 Å². The van der Waals surface area contributed by atoms with Gasteiger partial charge in [0.15, 0.2) is 0 Å². The number of carbonyl (C=O) groups excluding carboxylic acids is 2. The number of hydrogen-bond acceptors (Lipinski definition) is 6. The molecular formula is C22H24N6O3. The van der Waals surface area contributed by atoms with Crippen LogP contribution in [0.2, 0.25) is 0 Å². The first-order chi connectivity index (χ1) is 14.8. The predicted molar refractivity (Wildman–Crippen MR) is 118 cm³/mol. The molecule has 2 amide bonds. The second kappa shape index (κ2) is 9.66. The van der Waals surface area contributed by atoms with Crippen LogP contribution in [0.25, 0.3) is 11.4 Å². The van der Waals surface area contributed by atoms with Crippen LogP contribution < -0.4 is 21.3 Å². The van der Waals surface area contributed by atoms with E-state index in [1.807, 2.05) is 25.1 Å². The molecule has 2 heterocycles. The average Bonchev–Trinajstić information content (AvgIpc) is 2.77. The number of benzene rings is 1. The molecule has 0 saturated carbocycles. The van der Waals surface area contributed by atoms with Crippen molar-refractivity contribution in [2.75, 3.05) is 19.0 Å². The van der Waals surface area contributed by atoms with E-state index in [-0.39, 0.29) is 18.4 Å². The highest BCUT2D eigenvalue weighted by molar-refractivity contribution is 5.96. The molecule has 1 aromatic carbocycles. The lowest BCUT2D eigenvalue weighted by atomic mass is 10.1. The Morgan fingerprint density at radius 1 is 1.10 bits per heavy atom. The average molecular weight is 420 g/mol. The van der Waals surface area contributed by atoms with Gasteiger partial charge in [-0.25, -0.2) is 4.98 Å². The fourth-order valence-corrected chi connectivity index (χ4v) is 2.98. The number of carbonyl (C=O) groups is 2. The first kappa shape index (κ1) is 21.7. The number of nitrogens with zero attached hydrogens (tertiary/aromatic N) is 3. The van der Waals surface area contributed by atoms with Crippen molar-refractivity contribution in [3.8, 4) is 11.4 Å². The fraction of sp³-hybridized carbons (Fsp3) is 0.227. The summed E-state index contributed by atoms with van der Waals surface area (Å²) in [5.74, 6) is -0.381. The summed E-state index contributed by atoms with van der Waals surface area (Å²) in [5, 5.41) is 0. The van der Waals surface area contributed by atoms with E-state index in [2.05, 4.69) is 25.8 Å². The van der Waals surface area contributed by atoms with E-state index in [1.165, 1.54) is 0 Å². The summed E-state index contributed by atoms with van der Waals surface area (Å²) in [6.45, 7) is 1.73. The van der Waals surface area contributed by atoms with Crippen LogP contribution in [0.1, 0.15) is 28.0 Å². The van der Waals surface area contributed by atoms with Crippen LogP contribution in [0, 0.1) is 6.92 Å². The van der Waals surface area contributed by atoms with Gasteiger partial charge in [-0.05, 0) is 43.7 Å². The molecule has 0 atom stereocenters. The molecule has 0 spiro atoms. The number of aryl methyl sites for hydroxylation is 1. The summed E-state index contributed by atoms with van der Waals surface area (Å²) in [7, 11) is 3.75. The number of rotatable bonds is 6. The largest absolute Gasteiger partial charge is 0.378 e. The number of pyridine rings is 1. The van der Waals surface area contributed by atoms with Gasteiger partial charge in [0.1, 0.15) is 5.82 Å². The maximum absolute atomic E-state index is 12.5. The van der Waals surface area contributed by atoms with Gasteiger partial charge in [0, 0.05) is 61.0 Å². The molecule has 0 aliphatic rings. The maximum atomic E-state index is 12.5. The van der Waals surface area contributed by atoms with Gasteiger partial charge in [-0.2, -0.15) is 0 Å². The molecule has 9 nitrogen and oxygen atoms in total. The van der Waals surface area contributed by atoms with Gasteiger partial charge in [0.25, 0.3) is 11.5 Å². The highest BCUT2D eigenvalue weighted by atomic mass is 16.2. The Bertz CT molecular complexity index is 1140. The van der Waals surface area contributed by atoms with Crippen molar-refractivity contribution in [2.24, 2.45) is 0 Å². The third kappa shape index (κ3) is 5.53. The highest BCUT2D eigenvalue weighted by Gasteiger charge is 2.13. The lowest BCUT2D eigenvalue weighted by Crippen LogP contribution is -2.41. The molecule has 3 aromatic rings. The maximum Gasteiger partial charge on any atom is 0.269 e. The molecule has 2 aromatic heterocycles. The van der Waals surface area contributed by atoms with E-state index in [0.29, 0.717) is 22.6 Å². The zero-order chi connectivity index (χ0) is 22.4. The van der Waals surface area contributed by atoms with Crippen LogP contribution in [0.3, 0.4) is 0 Å². The molecule has 0 aliphatic heterocycles. The third-order valence-corrected chi connectivity index (χ3v) is 4.72. The van der Waals surface area contributed by atoms with Crippen molar-refractivity contribution in [1.82, 2.24) is 25.8 Å². The number of nitrogens with one attached hydrogen (secondary N) is 3. The van der Waals surface area contributed by atoms with E-state index >= 15 is 0 Å². The van der Waals surface area contributed by atoms with Crippen LogP contribution in [0.4, 0.5) is 5.69 Å². The van der Waals surface area contributed by atoms with Crippen molar-refractivity contribution in [3.63, 3.8) is 0 Å². The smallest absolute Gasteiger partial charge is 0.269 e. The third-order valence-electron chi connectivity index (χ3n) is 4.72. The van der Waals surface area contributed by atoms with Crippen molar-refractivity contribution < 1.29 is 9.59 Å². The molecule has 0 aliphatic carbocycles. The minimum Gasteiger partial charge on any atom is -0.378 e. The fourth-order valence-electron chi connectivity index (χ4n) is 2.98. The molecule has 3 rings (SSSR count). The second-order valence-corrected chi connectivity index (χ2v) is 7.16. The molecule has 3 N–H and O–H groups in total. The number of amides is 2. The molecule has 0 fully saturated rings. The topological polar surface area (TPSA) is 120 Å². The van der Waals surface area contributed by atoms with Gasteiger partial charge in [0.05, 0.1) is 0 Å². The summed E-state index contributed by atoms with van der Waals surface area (Å²) < 4.78 is 0. The summed E-state index contributed by atoms with van der Waals surface area (Å²) in [4.78, 5) is 49.9. The summed E-state index contributed by atoms with van der Waals surface area (Å²) in [6, 6.07) is 10.5. The monoisotopic (exact) mass is 420 g/mol. The van der Waals surface area contributed by atoms with E-state index in [1.54, 1.807) is 49.6 Å². The number of aromatic nitrogens is 3. The number of hydrogen-bond donors (Lipinski definition) is 3. The Morgan fingerprint density at radius 2 is 1.84 bits per heavy atom. The van der Waals surface area contributed by atoms with Crippen molar-refractivity contribution in [2.45, 2.75) is 19.8 Å². The van der Waals surface area contributed by atoms with Crippen LogP contribution >= 0.6 is 0 Å². The Morgan fingerprint density at radius 3 is 2.52 bits per heavy atom. The summed E-state index contributed by atoms with van der Waals surface area (Å²) >= 11 is 0. The Hall–Kier alpha value is -4.01. The first-order valence-corrected chi connectivity index (χ1v) is 9.72. The highest BCUT2D eigenvalue weighted by Crippen LogP contribution is 2.14. The normalized spacial score (nSPS) is 10.4. The molecule has 0 unspecified atom stereocenters. The number of anilines is 1. The molecule has 0 bridgehead atoms. The van der Waals surface area contributed by atoms with Crippen molar-refractivity contribution >= 4 is 17.5 Å². The van der Waals surface area contributed by atoms with Gasteiger partial charge in [-0.1, -0.05) is 6.07 Å². The number of aromatic amines is 1. The van der Waals surface area contributed by atoms with E-state index in [4.69, 9.17) is 0 Å². The van der Waals surface area contributed by atoms with Gasteiger partial charge < -0.3 is 9.88 Å². The SMILES string of the molecule is Cc1nc(-c2ccncc2)[nH]c(=O)c1CCC(=O)NNC(=O)c1cccc(N(C)C)c1. The van der Waals surface area contributed by atoms with Crippen LogP contribution in [0.15, 0.2) is 53.6 Å². The van der Waals surface area contributed by atoms with Gasteiger partial charge >= 0.3 is 0 Å². The standard InChI is InChI=1S/C22H24N6O3/c1-14-18(22(31)25-20(24-14)15-9-11-23-12-10-15)7-8-19(29)26-27-21(30)16-5-4-6-17(13-16)28(2)3/h4-6,9-13H,7-8H2,1-3H3,(H,26,29)(H,27,30)(H,24,25,31). The molecule has 160 valence electrons. The summed E-state index contributed by atoms with van der Waals surface area (Å²) in [5.41, 5.74) is 7.51. The van der Waals surface area contributed by atoms with Crippen LogP contribution in [0.5, 0.6) is 0 Å². The van der Waals surface area contributed by atoms with Gasteiger partial charge in [-0.3, -0.25) is 30.2 Å². The molecule has 9 heteroatoms. The molecule has 31 heavy (non-hydrogen) atoms. The zero-order valence-corrected chi connectivity index (χ0v) is 17.6. The van der Waals surface area contributed by atoms with Gasteiger partial charge in [-0.15, -0.1) is 0 Å². The predicted octanol–water partition coefficient (Wildman–Crippen LogP) is 1.60. The number of hydrazine groups is 1. The minimum atomic E-state index is -0.422. The Labute approximate surface area is 179 Å². The lowest BCUT2D eigenvalue weighted by Gasteiger charge is -2.13. The number of H-pyrrole nitrogens is 1. The summed E-state index contributed by atoms with van der Waals surface area (Å²) in [6.07, 6.45) is 3.46. The molecular weight excluding hydrogens is 396 g/mol. The Kier molecular flexibility index (Phi) is 6.76. The Balaban J connectivity index is 1.58. The van der Waals surface area contributed by atoms with E-state index in [0.717, 1.165) is 11.3 Å². The van der Waals surface area contributed by atoms with E-state index in [9.17, 15) is 14.4 Å². The molecule has 0 radical (unpaired) electrons. The lowest BCUT2D eigenvalue weighted by molar-refractivity contribution is -0.121. The molecule has 0 saturated heterocycles. The van der Waals surface area contributed by atoms with E-state index < -0.39 is 11.8 Å². The first-order valence-electron chi connectivity index (χ1n) is 9.72.